The molecule has 1 aliphatic heterocycles. The summed E-state index contributed by atoms with van der Waals surface area (Å²) in [4.78, 5) is 4.19. The van der Waals surface area contributed by atoms with E-state index in [0.29, 0.717) is 17.9 Å². The van der Waals surface area contributed by atoms with E-state index in [4.69, 9.17) is 4.74 Å². The first-order valence-corrected chi connectivity index (χ1v) is 5.81. The standard InChI is InChI=1S/C12H15F3N2O/c1-18-10-3-2-6-16-11(10)9-5-4-8(7-17-9)12(13,14)15/h2-3,6,8-9,17H,4-5,7H2,1H3. The van der Waals surface area contributed by atoms with Crippen LogP contribution in [-0.2, 0) is 0 Å². The Balaban J connectivity index is 2.06. The van der Waals surface area contributed by atoms with Crippen molar-refractivity contribution < 1.29 is 17.9 Å². The number of piperidine rings is 1. The Bertz CT molecular complexity index is 401. The third-order valence-electron chi connectivity index (χ3n) is 3.23. The van der Waals surface area contributed by atoms with Crippen LogP contribution in [0.5, 0.6) is 5.75 Å². The van der Waals surface area contributed by atoms with Crippen LogP contribution < -0.4 is 10.1 Å². The number of nitrogens with zero attached hydrogens (tertiary/aromatic N) is 1. The lowest BCUT2D eigenvalue weighted by Gasteiger charge is -2.31. The molecule has 0 saturated carbocycles. The third-order valence-corrected chi connectivity index (χ3v) is 3.23. The van der Waals surface area contributed by atoms with Crippen LogP contribution in [0.3, 0.4) is 0 Å². The Morgan fingerprint density at radius 1 is 1.39 bits per heavy atom. The van der Waals surface area contributed by atoms with Gasteiger partial charge in [-0.05, 0) is 25.0 Å². The molecule has 0 amide bonds. The van der Waals surface area contributed by atoms with E-state index in [1.54, 1.807) is 18.3 Å². The molecule has 2 atom stereocenters. The van der Waals surface area contributed by atoms with Gasteiger partial charge in [0.25, 0.3) is 0 Å². The number of hydrogen-bond acceptors (Lipinski definition) is 3. The van der Waals surface area contributed by atoms with E-state index in [0.717, 1.165) is 0 Å². The smallest absolute Gasteiger partial charge is 0.393 e. The third kappa shape index (κ3) is 2.75. The zero-order valence-corrected chi connectivity index (χ0v) is 10.00. The molecule has 2 heterocycles. The molecule has 1 fully saturated rings. The van der Waals surface area contributed by atoms with Gasteiger partial charge < -0.3 is 10.1 Å². The Morgan fingerprint density at radius 3 is 2.72 bits per heavy atom. The van der Waals surface area contributed by atoms with Gasteiger partial charge in [0.15, 0.2) is 0 Å². The molecule has 0 spiro atoms. The minimum absolute atomic E-state index is 0.0616. The van der Waals surface area contributed by atoms with E-state index in [1.807, 2.05) is 0 Å². The second-order valence-electron chi connectivity index (χ2n) is 4.37. The summed E-state index contributed by atoms with van der Waals surface area (Å²) in [6.45, 7) is -0.0616. The zero-order valence-electron chi connectivity index (χ0n) is 10.00. The first-order valence-electron chi connectivity index (χ1n) is 5.81. The lowest BCUT2D eigenvalue weighted by molar-refractivity contribution is -0.179. The minimum atomic E-state index is -4.12. The monoisotopic (exact) mass is 260 g/mol. The number of aromatic nitrogens is 1. The number of hydrogen-bond donors (Lipinski definition) is 1. The molecular formula is C12H15F3N2O. The summed E-state index contributed by atoms with van der Waals surface area (Å²) in [5.41, 5.74) is 0.681. The van der Waals surface area contributed by atoms with Gasteiger partial charge in [-0.3, -0.25) is 4.98 Å². The fourth-order valence-corrected chi connectivity index (χ4v) is 2.21. The van der Waals surface area contributed by atoms with Crippen molar-refractivity contribution >= 4 is 0 Å². The van der Waals surface area contributed by atoms with E-state index < -0.39 is 12.1 Å². The summed E-state index contributed by atoms with van der Waals surface area (Å²) in [5, 5.41) is 2.90. The molecule has 1 saturated heterocycles. The van der Waals surface area contributed by atoms with E-state index >= 15 is 0 Å². The summed E-state index contributed by atoms with van der Waals surface area (Å²) in [7, 11) is 1.53. The molecule has 100 valence electrons. The Kier molecular flexibility index (Phi) is 3.75. The molecule has 0 aliphatic carbocycles. The maximum atomic E-state index is 12.5. The van der Waals surface area contributed by atoms with Gasteiger partial charge in [0.1, 0.15) is 5.75 Å². The molecule has 6 heteroatoms. The lowest BCUT2D eigenvalue weighted by atomic mass is 9.92. The van der Waals surface area contributed by atoms with Crippen LogP contribution in [0.1, 0.15) is 24.6 Å². The summed E-state index contributed by atoms with van der Waals surface area (Å²) < 4.78 is 42.8. The predicted molar refractivity (Wildman–Crippen MR) is 60.3 cm³/mol. The molecule has 3 nitrogen and oxygen atoms in total. The summed E-state index contributed by atoms with van der Waals surface area (Å²) >= 11 is 0. The van der Waals surface area contributed by atoms with E-state index in [-0.39, 0.29) is 19.0 Å². The number of pyridine rings is 1. The number of methoxy groups -OCH3 is 1. The largest absolute Gasteiger partial charge is 0.495 e. The topological polar surface area (TPSA) is 34.1 Å². The Hall–Kier alpha value is -1.30. The van der Waals surface area contributed by atoms with Gasteiger partial charge in [0, 0.05) is 12.7 Å². The van der Waals surface area contributed by atoms with Gasteiger partial charge in [-0.15, -0.1) is 0 Å². The number of halogens is 3. The summed E-state index contributed by atoms with van der Waals surface area (Å²) in [6.07, 6.45) is -1.96. The van der Waals surface area contributed by atoms with Gasteiger partial charge in [0.2, 0.25) is 0 Å². The van der Waals surface area contributed by atoms with Crippen molar-refractivity contribution in [2.75, 3.05) is 13.7 Å². The maximum absolute atomic E-state index is 12.5. The van der Waals surface area contributed by atoms with Crippen molar-refractivity contribution in [2.45, 2.75) is 25.1 Å². The first kappa shape index (κ1) is 13.1. The normalized spacial score (nSPS) is 24.9. The average molecular weight is 260 g/mol. The number of rotatable bonds is 2. The minimum Gasteiger partial charge on any atom is -0.495 e. The van der Waals surface area contributed by atoms with Gasteiger partial charge in [0.05, 0.1) is 24.8 Å². The van der Waals surface area contributed by atoms with Crippen LogP contribution in [-0.4, -0.2) is 24.8 Å². The van der Waals surface area contributed by atoms with Crippen LogP contribution in [0, 0.1) is 5.92 Å². The van der Waals surface area contributed by atoms with E-state index in [9.17, 15) is 13.2 Å². The van der Waals surface area contributed by atoms with Crippen molar-refractivity contribution in [1.29, 1.82) is 0 Å². The van der Waals surface area contributed by atoms with Crippen LogP contribution in [0.4, 0.5) is 13.2 Å². The molecule has 1 aromatic heterocycles. The van der Waals surface area contributed by atoms with Crippen LogP contribution in [0.15, 0.2) is 18.3 Å². The van der Waals surface area contributed by atoms with Crippen molar-refractivity contribution in [2.24, 2.45) is 5.92 Å². The van der Waals surface area contributed by atoms with Crippen molar-refractivity contribution in [3.05, 3.63) is 24.0 Å². The van der Waals surface area contributed by atoms with Crippen LogP contribution in [0.25, 0.3) is 0 Å². The van der Waals surface area contributed by atoms with Gasteiger partial charge >= 0.3 is 6.18 Å². The van der Waals surface area contributed by atoms with E-state index in [2.05, 4.69) is 10.3 Å². The van der Waals surface area contributed by atoms with Crippen molar-refractivity contribution in [3.63, 3.8) is 0 Å². The highest BCUT2D eigenvalue weighted by Crippen LogP contribution is 2.36. The first-order chi connectivity index (χ1) is 8.52. The molecule has 0 aromatic carbocycles. The van der Waals surface area contributed by atoms with Crippen LogP contribution >= 0.6 is 0 Å². The number of alkyl halides is 3. The van der Waals surface area contributed by atoms with E-state index in [1.165, 1.54) is 7.11 Å². The Labute approximate surface area is 103 Å². The molecule has 0 bridgehead atoms. The second-order valence-corrected chi connectivity index (χ2v) is 4.37. The molecule has 18 heavy (non-hydrogen) atoms. The quantitative estimate of drug-likeness (QED) is 0.887. The summed E-state index contributed by atoms with van der Waals surface area (Å²) in [6, 6.07) is 3.34. The highest BCUT2D eigenvalue weighted by Gasteiger charge is 2.42. The molecule has 2 unspecified atom stereocenters. The van der Waals surface area contributed by atoms with Crippen molar-refractivity contribution in [3.8, 4) is 5.75 Å². The Morgan fingerprint density at radius 2 is 2.17 bits per heavy atom. The molecule has 2 rings (SSSR count). The highest BCUT2D eigenvalue weighted by molar-refractivity contribution is 5.29. The zero-order chi connectivity index (χ0) is 13.2. The second kappa shape index (κ2) is 5.14. The number of nitrogens with one attached hydrogen (secondary N) is 1. The molecule has 1 N–H and O–H groups in total. The SMILES string of the molecule is COc1cccnc1C1CCC(C(F)(F)F)CN1. The fraction of sp³-hybridized carbons (Fsp3) is 0.583. The average Bonchev–Trinajstić information content (AvgIpc) is 2.38. The molecule has 1 aromatic rings. The molecule has 1 aliphatic rings. The lowest BCUT2D eigenvalue weighted by Crippen LogP contribution is -2.40. The molecule has 0 radical (unpaired) electrons. The predicted octanol–water partition coefficient (Wildman–Crippen LogP) is 2.69. The number of ether oxygens (including phenoxy) is 1. The van der Waals surface area contributed by atoms with Crippen molar-refractivity contribution in [1.82, 2.24) is 10.3 Å². The highest BCUT2D eigenvalue weighted by atomic mass is 19.4. The molecular weight excluding hydrogens is 245 g/mol. The van der Waals surface area contributed by atoms with Gasteiger partial charge in [-0.1, -0.05) is 0 Å². The van der Waals surface area contributed by atoms with Crippen LogP contribution in [0.2, 0.25) is 0 Å². The fourth-order valence-electron chi connectivity index (χ4n) is 2.21. The van der Waals surface area contributed by atoms with Gasteiger partial charge in [-0.25, -0.2) is 0 Å². The summed E-state index contributed by atoms with van der Waals surface area (Å²) in [5.74, 6) is -0.649. The van der Waals surface area contributed by atoms with Gasteiger partial charge in [-0.2, -0.15) is 13.2 Å². The maximum Gasteiger partial charge on any atom is 0.393 e.